The lowest BCUT2D eigenvalue weighted by Gasteiger charge is -2.66. The van der Waals surface area contributed by atoms with E-state index in [1.165, 1.54) is 37.7 Å². The number of nitrogens with zero attached hydrogens (tertiary/aromatic N) is 2. The van der Waals surface area contributed by atoms with Gasteiger partial charge in [0.1, 0.15) is 5.75 Å². The minimum Gasteiger partial charge on any atom is -0.497 e. The number of urea groups is 2. The predicted octanol–water partition coefficient (Wildman–Crippen LogP) is 8.46. The van der Waals surface area contributed by atoms with Crippen molar-refractivity contribution in [1.29, 1.82) is 0 Å². The van der Waals surface area contributed by atoms with Gasteiger partial charge in [0, 0.05) is 29.5 Å². The van der Waals surface area contributed by atoms with Crippen molar-refractivity contribution < 1.29 is 14.3 Å². The summed E-state index contributed by atoms with van der Waals surface area (Å²) >= 11 is 0. The molecule has 0 spiro atoms. The predicted molar refractivity (Wildman–Crippen MR) is 196 cm³/mol. The van der Waals surface area contributed by atoms with Gasteiger partial charge >= 0.3 is 12.1 Å². The third kappa shape index (κ3) is 7.16. The van der Waals surface area contributed by atoms with Gasteiger partial charge in [0.25, 0.3) is 0 Å². The van der Waals surface area contributed by atoms with Crippen LogP contribution in [0.25, 0.3) is 0 Å². The van der Waals surface area contributed by atoms with Gasteiger partial charge in [0.2, 0.25) is 0 Å². The van der Waals surface area contributed by atoms with Crippen molar-refractivity contribution in [3.63, 3.8) is 0 Å². The van der Waals surface area contributed by atoms with Gasteiger partial charge in [-0.3, -0.25) is 4.90 Å². The van der Waals surface area contributed by atoms with E-state index in [0.717, 1.165) is 75.0 Å². The zero-order valence-corrected chi connectivity index (χ0v) is 29.0. The Bertz CT molecular complexity index is 1530. The highest BCUT2D eigenvalue weighted by atomic mass is 16.5. The van der Waals surface area contributed by atoms with E-state index < -0.39 is 0 Å². The van der Waals surface area contributed by atoms with Crippen LogP contribution < -0.4 is 20.7 Å². The van der Waals surface area contributed by atoms with Gasteiger partial charge in [-0.05, 0) is 106 Å². The number of rotatable bonds is 11. The normalized spacial score (nSPS) is 25.6. The molecular weight excluding hydrogens is 610 g/mol. The summed E-state index contributed by atoms with van der Waals surface area (Å²) in [7, 11) is 1.72. The smallest absolute Gasteiger partial charge is 0.322 e. The first-order valence-corrected chi connectivity index (χ1v) is 18.6. The summed E-state index contributed by atoms with van der Waals surface area (Å²) in [4.78, 5) is 33.3. The summed E-state index contributed by atoms with van der Waals surface area (Å²) < 4.78 is 5.45. The van der Waals surface area contributed by atoms with E-state index >= 15 is 0 Å². The standard InChI is InChI=1S/C41H53N5O3/c1-49-36-21-19-32(20-22-36)29-40-23-25-41(26-24-40,37-18-11-27-45(37)40)46(39(48)44-34-16-9-4-10-17-34)35(28-31-12-5-2-6-13-31)30-42-38(47)43-33-14-7-3-8-15-33/h3-4,7-10,14-17,19-22,31,35,37H,2,5-6,11-13,18,23-30H2,1H3,(H,44,48)(H2,42,43,47)/t35-,37-,40-,41-/m1/s1. The van der Waals surface area contributed by atoms with E-state index in [4.69, 9.17) is 4.74 Å². The number of carbonyl (C=O) groups is 2. The molecule has 49 heavy (non-hydrogen) atoms. The number of amides is 4. The molecule has 0 unspecified atom stereocenters. The molecule has 8 heteroatoms. The van der Waals surface area contributed by atoms with E-state index in [-0.39, 0.29) is 29.2 Å². The summed E-state index contributed by atoms with van der Waals surface area (Å²) in [5, 5.41) is 9.56. The third-order valence-electron chi connectivity index (χ3n) is 12.2. The van der Waals surface area contributed by atoms with E-state index in [2.05, 4.69) is 50.0 Å². The van der Waals surface area contributed by atoms with Crippen LogP contribution in [0.5, 0.6) is 5.75 Å². The molecule has 3 aromatic carbocycles. The molecule has 3 aromatic rings. The van der Waals surface area contributed by atoms with Crippen molar-refractivity contribution in [3.05, 3.63) is 90.5 Å². The van der Waals surface area contributed by atoms with Gasteiger partial charge in [0.15, 0.2) is 0 Å². The molecule has 8 nitrogen and oxygen atoms in total. The second kappa shape index (κ2) is 14.8. The second-order valence-corrected chi connectivity index (χ2v) is 15.0. The lowest BCUT2D eigenvalue weighted by molar-refractivity contribution is -0.132. The first-order chi connectivity index (χ1) is 24.0. The maximum Gasteiger partial charge on any atom is 0.322 e. The average molecular weight is 664 g/mol. The molecule has 3 saturated heterocycles. The zero-order chi connectivity index (χ0) is 33.7. The topological polar surface area (TPSA) is 85.9 Å². The third-order valence-corrected chi connectivity index (χ3v) is 12.2. The van der Waals surface area contributed by atoms with Crippen LogP contribution >= 0.6 is 0 Å². The van der Waals surface area contributed by atoms with Gasteiger partial charge < -0.3 is 25.6 Å². The fourth-order valence-electron chi connectivity index (χ4n) is 9.90. The lowest BCUT2D eigenvalue weighted by Crippen LogP contribution is -2.76. The van der Waals surface area contributed by atoms with Gasteiger partial charge in [-0.2, -0.15) is 0 Å². The Hall–Kier alpha value is -4.04. The first kappa shape index (κ1) is 33.5. The molecule has 0 radical (unpaired) electrons. The number of benzene rings is 3. The van der Waals surface area contributed by atoms with Crippen molar-refractivity contribution >= 4 is 23.4 Å². The zero-order valence-electron chi connectivity index (χ0n) is 29.0. The molecule has 260 valence electrons. The molecule has 3 heterocycles. The van der Waals surface area contributed by atoms with Gasteiger partial charge in [-0.15, -0.1) is 0 Å². The molecular formula is C41H53N5O3. The number of anilines is 2. The number of carbonyl (C=O) groups excluding carboxylic acids is 2. The number of para-hydroxylation sites is 2. The van der Waals surface area contributed by atoms with Crippen LogP contribution in [0.2, 0.25) is 0 Å². The molecule has 4 amide bonds. The maximum absolute atomic E-state index is 14.9. The quantitative estimate of drug-likeness (QED) is 0.192. The summed E-state index contributed by atoms with van der Waals surface area (Å²) in [6, 6.07) is 28.0. The highest BCUT2D eigenvalue weighted by molar-refractivity contribution is 5.91. The molecule has 5 fully saturated rings. The van der Waals surface area contributed by atoms with Crippen molar-refractivity contribution in [2.75, 3.05) is 30.8 Å². The highest BCUT2D eigenvalue weighted by Gasteiger charge is 2.63. The SMILES string of the molecule is COc1ccc(C[C@]23CC[C@](N(C(=O)Nc4ccccc4)[C@@H](CNC(=O)Nc4ccccc4)CC4CCCCC4)(CC2)[C@H]2CCCN23)cc1. The molecule has 3 N–H and O–H groups in total. The highest BCUT2D eigenvalue weighted by Crippen LogP contribution is 2.57. The average Bonchev–Trinajstić information content (AvgIpc) is 3.67. The van der Waals surface area contributed by atoms with Crippen LogP contribution in [0.15, 0.2) is 84.9 Å². The van der Waals surface area contributed by atoms with E-state index in [1.54, 1.807) is 7.11 Å². The number of fused-ring (bicyclic) bond motifs is 2. The first-order valence-electron chi connectivity index (χ1n) is 18.6. The maximum atomic E-state index is 14.9. The summed E-state index contributed by atoms with van der Waals surface area (Å²) in [6.07, 6.45) is 14.4. The molecule has 0 aromatic heterocycles. The van der Waals surface area contributed by atoms with Crippen LogP contribution in [0.4, 0.5) is 21.0 Å². The minimum absolute atomic E-state index is 0.0336. The minimum atomic E-state index is -0.298. The number of methoxy groups -OCH3 is 1. The Balaban J connectivity index is 1.20. The second-order valence-electron chi connectivity index (χ2n) is 15.0. The fourth-order valence-corrected chi connectivity index (χ4v) is 9.90. The Kier molecular flexibility index (Phi) is 10.1. The van der Waals surface area contributed by atoms with Crippen LogP contribution in [-0.2, 0) is 6.42 Å². The Morgan fingerprint density at radius 1 is 0.816 bits per heavy atom. The number of ether oxygens (including phenoxy) is 1. The van der Waals surface area contributed by atoms with Crippen LogP contribution in [-0.4, -0.2) is 65.2 Å². The molecule has 5 aliphatic rings. The van der Waals surface area contributed by atoms with Gasteiger partial charge in [-0.1, -0.05) is 80.6 Å². The lowest BCUT2D eigenvalue weighted by atomic mass is 9.60. The molecule has 2 saturated carbocycles. The van der Waals surface area contributed by atoms with Crippen LogP contribution in [0.1, 0.15) is 82.6 Å². The summed E-state index contributed by atoms with van der Waals surface area (Å²) in [5.41, 5.74) is 2.72. The van der Waals surface area contributed by atoms with Crippen LogP contribution in [0.3, 0.4) is 0 Å². The molecule has 8 rings (SSSR count). The van der Waals surface area contributed by atoms with Gasteiger partial charge in [0.05, 0.1) is 18.7 Å². The van der Waals surface area contributed by atoms with Gasteiger partial charge in [-0.25, -0.2) is 9.59 Å². The van der Waals surface area contributed by atoms with Crippen molar-refractivity contribution in [3.8, 4) is 5.75 Å². The number of hydrogen-bond acceptors (Lipinski definition) is 4. The molecule has 2 bridgehead atoms. The van der Waals surface area contributed by atoms with Crippen LogP contribution in [0, 0.1) is 5.92 Å². The Morgan fingerprint density at radius 2 is 1.47 bits per heavy atom. The summed E-state index contributed by atoms with van der Waals surface area (Å²) in [5.74, 6) is 1.43. The van der Waals surface area contributed by atoms with E-state index in [1.807, 2.05) is 60.7 Å². The van der Waals surface area contributed by atoms with Crippen molar-refractivity contribution in [1.82, 2.24) is 15.1 Å². The number of hydrogen-bond donors (Lipinski definition) is 3. The number of piperidine rings is 2. The number of nitrogens with one attached hydrogen (secondary N) is 3. The monoisotopic (exact) mass is 663 g/mol. The van der Waals surface area contributed by atoms with Crippen molar-refractivity contribution in [2.45, 2.75) is 107 Å². The summed E-state index contributed by atoms with van der Waals surface area (Å²) in [6.45, 7) is 1.49. The Labute approximate surface area is 292 Å². The molecule has 2 aliphatic carbocycles. The van der Waals surface area contributed by atoms with Crippen molar-refractivity contribution in [2.24, 2.45) is 5.92 Å². The Morgan fingerprint density at radius 3 is 2.12 bits per heavy atom. The van der Waals surface area contributed by atoms with E-state index in [0.29, 0.717) is 18.5 Å². The molecule has 3 aliphatic heterocycles. The fraction of sp³-hybridized carbons (Fsp3) is 0.512. The largest absolute Gasteiger partial charge is 0.497 e. The molecule has 2 atom stereocenters. The van der Waals surface area contributed by atoms with E-state index in [9.17, 15) is 9.59 Å².